The van der Waals surface area contributed by atoms with Gasteiger partial charge in [0.25, 0.3) is 0 Å². The van der Waals surface area contributed by atoms with E-state index in [1.54, 1.807) is 0 Å². The van der Waals surface area contributed by atoms with Gasteiger partial charge in [-0.1, -0.05) is 19.3 Å². The number of likely N-dealkylation sites (tertiary alicyclic amines) is 1. The molecular weight excluding hydrogens is 186 g/mol. The molecule has 0 aromatic carbocycles. The Morgan fingerprint density at radius 1 is 1.00 bits per heavy atom. The van der Waals surface area contributed by atoms with Crippen LogP contribution in [-0.2, 0) is 4.79 Å². The second kappa shape index (κ2) is 5.64. The fraction of sp³-hybridized carbons (Fsp3) is 0.923. The Hall–Kier alpha value is -0.370. The lowest BCUT2D eigenvalue weighted by molar-refractivity contribution is -0.125. The topological polar surface area (TPSA) is 20.3 Å². The van der Waals surface area contributed by atoms with Crippen molar-refractivity contribution in [2.45, 2.75) is 51.4 Å². The zero-order valence-electron chi connectivity index (χ0n) is 9.71. The first-order valence-corrected chi connectivity index (χ1v) is 6.61. The molecule has 1 aliphatic heterocycles. The summed E-state index contributed by atoms with van der Waals surface area (Å²) < 4.78 is 0. The molecule has 1 unspecified atom stereocenters. The number of nitrogens with zero attached hydrogens (tertiary/aromatic N) is 1. The molecule has 0 aromatic heterocycles. The van der Waals surface area contributed by atoms with Crippen molar-refractivity contribution in [1.29, 1.82) is 0 Å². The van der Waals surface area contributed by atoms with Crippen LogP contribution in [0.15, 0.2) is 0 Å². The van der Waals surface area contributed by atoms with Crippen molar-refractivity contribution in [1.82, 2.24) is 4.90 Å². The van der Waals surface area contributed by atoms with Crippen LogP contribution in [-0.4, -0.2) is 30.3 Å². The van der Waals surface area contributed by atoms with Gasteiger partial charge in [0.05, 0.1) is 0 Å². The van der Waals surface area contributed by atoms with E-state index < -0.39 is 0 Å². The Morgan fingerprint density at radius 3 is 2.40 bits per heavy atom. The van der Waals surface area contributed by atoms with Gasteiger partial charge >= 0.3 is 0 Å². The molecule has 0 aromatic rings. The molecule has 0 bridgehead atoms. The van der Waals surface area contributed by atoms with Gasteiger partial charge in [-0.3, -0.25) is 4.79 Å². The zero-order valence-corrected chi connectivity index (χ0v) is 9.71. The Kier molecular flexibility index (Phi) is 4.18. The van der Waals surface area contributed by atoms with Crippen LogP contribution in [0, 0.1) is 5.92 Å². The zero-order chi connectivity index (χ0) is 10.5. The highest BCUT2D eigenvalue weighted by Gasteiger charge is 2.24. The molecule has 1 saturated heterocycles. The third kappa shape index (κ3) is 3.30. The molecule has 15 heavy (non-hydrogen) atoms. The number of ketones is 1. The molecule has 0 N–H and O–H groups in total. The van der Waals surface area contributed by atoms with Gasteiger partial charge < -0.3 is 4.90 Å². The van der Waals surface area contributed by atoms with E-state index in [1.165, 1.54) is 45.2 Å². The third-order valence-electron chi connectivity index (χ3n) is 3.86. The second-order valence-corrected chi connectivity index (χ2v) is 5.12. The van der Waals surface area contributed by atoms with Crippen molar-refractivity contribution in [2.75, 3.05) is 19.6 Å². The Bertz CT molecular complexity index is 207. The first-order chi connectivity index (χ1) is 7.36. The maximum Gasteiger partial charge on any atom is 0.137 e. The Morgan fingerprint density at radius 2 is 1.73 bits per heavy atom. The smallest absolute Gasteiger partial charge is 0.137 e. The predicted molar refractivity (Wildman–Crippen MR) is 61.9 cm³/mol. The molecule has 0 amide bonds. The average Bonchev–Trinajstić information content (AvgIpc) is 2.50. The second-order valence-electron chi connectivity index (χ2n) is 5.12. The number of carbonyl (C=O) groups excluding carboxylic acids is 1. The molecule has 0 spiro atoms. The van der Waals surface area contributed by atoms with Gasteiger partial charge in [0.1, 0.15) is 5.78 Å². The minimum absolute atomic E-state index is 0.372. The molecule has 2 nitrogen and oxygen atoms in total. The summed E-state index contributed by atoms with van der Waals surface area (Å²) >= 11 is 0. The minimum Gasteiger partial charge on any atom is -0.303 e. The minimum atomic E-state index is 0.372. The molecule has 2 heteroatoms. The van der Waals surface area contributed by atoms with Gasteiger partial charge in [-0.15, -0.1) is 0 Å². The quantitative estimate of drug-likeness (QED) is 0.697. The Labute approximate surface area is 93.0 Å². The summed E-state index contributed by atoms with van der Waals surface area (Å²) in [7, 11) is 0. The molecule has 2 fully saturated rings. The number of hydrogen-bond acceptors (Lipinski definition) is 2. The number of hydrogen-bond donors (Lipinski definition) is 0. The lowest BCUT2D eigenvalue weighted by Gasteiger charge is -2.27. The summed E-state index contributed by atoms with van der Waals surface area (Å²) in [6.07, 6.45) is 9.83. The lowest BCUT2D eigenvalue weighted by atomic mass is 9.87. The summed E-state index contributed by atoms with van der Waals surface area (Å²) in [6.45, 7) is 3.51. The van der Waals surface area contributed by atoms with Crippen molar-refractivity contribution >= 4 is 5.78 Å². The fourth-order valence-corrected chi connectivity index (χ4v) is 2.88. The summed E-state index contributed by atoms with van der Waals surface area (Å²) in [6, 6.07) is 0. The summed E-state index contributed by atoms with van der Waals surface area (Å²) in [5, 5.41) is 0. The van der Waals surface area contributed by atoms with Crippen LogP contribution in [0.25, 0.3) is 0 Å². The summed E-state index contributed by atoms with van der Waals surface area (Å²) in [5.74, 6) is 0.905. The first kappa shape index (κ1) is 11.1. The van der Waals surface area contributed by atoms with Crippen LogP contribution in [0.1, 0.15) is 51.4 Å². The first-order valence-electron chi connectivity index (χ1n) is 6.61. The molecular formula is C13H23NO. The van der Waals surface area contributed by atoms with Crippen molar-refractivity contribution in [3.8, 4) is 0 Å². The molecule has 2 rings (SSSR count). The van der Waals surface area contributed by atoms with E-state index >= 15 is 0 Å². The van der Waals surface area contributed by atoms with Gasteiger partial charge in [0, 0.05) is 18.9 Å². The van der Waals surface area contributed by atoms with Crippen molar-refractivity contribution < 1.29 is 4.79 Å². The van der Waals surface area contributed by atoms with Crippen LogP contribution in [0.2, 0.25) is 0 Å². The van der Waals surface area contributed by atoms with Crippen LogP contribution < -0.4 is 0 Å². The highest BCUT2D eigenvalue weighted by molar-refractivity contribution is 5.81. The van der Waals surface area contributed by atoms with E-state index in [0.717, 1.165) is 25.8 Å². The molecule has 0 radical (unpaired) electrons. The van der Waals surface area contributed by atoms with E-state index in [4.69, 9.17) is 0 Å². The largest absolute Gasteiger partial charge is 0.303 e. The third-order valence-corrected chi connectivity index (χ3v) is 3.86. The van der Waals surface area contributed by atoms with E-state index in [-0.39, 0.29) is 0 Å². The highest BCUT2D eigenvalue weighted by Crippen LogP contribution is 2.22. The van der Waals surface area contributed by atoms with Gasteiger partial charge in [0.2, 0.25) is 0 Å². The normalized spacial score (nSPS) is 30.1. The van der Waals surface area contributed by atoms with Crippen molar-refractivity contribution in [3.63, 3.8) is 0 Å². The number of carbonyl (C=O) groups is 1. The maximum atomic E-state index is 11.7. The fourth-order valence-electron chi connectivity index (χ4n) is 2.88. The number of Topliss-reactive ketones (excluding diaryl/α,β-unsaturated/α-hetero) is 1. The SMILES string of the molecule is O=C1CCCCC1CN1CCCCCC1. The van der Waals surface area contributed by atoms with Crippen LogP contribution >= 0.6 is 0 Å². The number of rotatable bonds is 2. The van der Waals surface area contributed by atoms with Gasteiger partial charge in [-0.05, 0) is 38.8 Å². The van der Waals surface area contributed by atoms with Crippen molar-refractivity contribution in [3.05, 3.63) is 0 Å². The molecule has 2 aliphatic rings. The van der Waals surface area contributed by atoms with E-state index in [0.29, 0.717) is 11.7 Å². The van der Waals surface area contributed by atoms with E-state index in [1.807, 2.05) is 0 Å². The maximum absolute atomic E-state index is 11.7. The summed E-state index contributed by atoms with van der Waals surface area (Å²) in [5.41, 5.74) is 0. The van der Waals surface area contributed by atoms with Crippen LogP contribution in [0.3, 0.4) is 0 Å². The van der Waals surface area contributed by atoms with E-state index in [2.05, 4.69) is 4.90 Å². The predicted octanol–water partition coefficient (Wildman–Crippen LogP) is 2.62. The lowest BCUT2D eigenvalue weighted by Crippen LogP contribution is -2.35. The monoisotopic (exact) mass is 209 g/mol. The van der Waals surface area contributed by atoms with Gasteiger partial charge in [-0.2, -0.15) is 0 Å². The van der Waals surface area contributed by atoms with Crippen LogP contribution in [0.5, 0.6) is 0 Å². The van der Waals surface area contributed by atoms with Gasteiger partial charge in [-0.25, -0.2) is 0 Å². The standard InChI is InChI=1S/C13H23NO/c15-13-8-4-3-7-12(13)11-14-9-5-1-2-6-10-14/h12H,1-11H2. The average molecular weight is 209 g/mol. The highest BCUT2D eigenvalue weighted by atomic mass is 16.1. The van der Waals surface area contributed by atoms with E-state index in [9.17, 15) is 4.79 Å². The molecule has 1 aliphatic carbocycles. The molecule has 1 heterocycles. The molecule has 1 atom stereocenters. The summed E-state index contributed by atoms with van der Waals surface area (Å²) in [4.78, 5) is 14.3. The van der Waals surface area contributed by atoms with Gasteiger partial charge in [0.15, 0.2) is 0 Å². The van der Waals surface area contributed by atoms with Crippen molar-refractivity contribution in [2.24, 2.45) is 5.92 Å². The van der Waals surface area contributed by atoms with Crippen LogP contribution in [0.4, 0.5) is 0 Å². The molecule has 1 saturated carbocycles. The molecule has 86 valence electrons. The Balaban J connectivity index is 1.80.